The Hall–Kier alpha value is -3.50. The average Bonchev–Trinajstić information content (AvgIpc) is 3.21. The van der Waals surface area contributed by atoms with Crippen LogP contribution >= 0.6 is 0 Å². The van der Waals surface area contributed by atoms with E-state index in [1.807, 2.05) is 29.0 Å². The third-order valence-corrected chi connectivity index (χ3v) is 5.88. The summed E-state index contributed by atoms with van der Waals surface area (Å²) in [6, 6.07) is 13.8. The van der Waals surface area contributed by atoms with E-state index < -0.39 is 10.0 Å². The van der Waals surface area contributed by atoms with Crippen LogP contribution in [0, 0.1) is 0 Å². The van der Waals surface area contributed by atoms with E-state index in [4.69, 9.17) is 4.74 Å². The molecule has 4 rings (SSSR count). The van der Waals surface area contributed by atoms with Crippen molar-refractivity contribution in [3.63, 3.8) is 0 Å². The molecule has 0 radical (unpaired) electrons. The Morgan fingerprint density at radius 1 is 1.00 bits per heavy atom. The molecule has 10 heteroatoms. The molecule has 4 aromatic rings. The predicted molar refractivity (Wildman–Crippen MR) is 113 cm³/mol. The van der Waals surface area contributed by atoms with Gasteiger partial charge >= 0.3 is 0 Å². The van der Waals surface area contributed by atoms with Gasteiger partial charge in [-0.25, -0.2) is 23.1 Å². The van der Waals surface area contributed by atoms with Gasteiger partial charge in [-0.05, 0) is 48.5 Å². The molecule has 9 nitrogen and oxygen atoms in total. The highest BCUT2D eigenvalue weighted by atomic mass is 32.2. The Balaban J connectivity index is 1.38. The van der Waals surface area contributed by atoms with Crippen LogP contribution in [0.25, 0.3) is 16.9 Å². The first-order valence-corrected chi connectivity index (χ1v) is 10.7. The molecule has 3 aromatic heterocycles. The third-order valence-electron chi connectivity index (χ3n) is 4.41. The first-order chi connectivity index (χ1) is 14.6. The Kier molecular flexibility index (Phi) is 5.59. The minimum absolute atomic E-state index is 0.175. The largest absolute Gasteiger partial charge is 0.497 e. The van der Waals surface area contributed by atoms with Crippen molar-refractivity contribution in [2.24, 2.45) is 0 Å². The second-order valence-electron chi connectivity index (χ2n) is 6.34. The lowest BCUT2D eigenvalue weighted by atomic mass is 10.3. The van der Waals surface area contributed by atoms with Gasteiger partial charge in [0.05, 0.1) is 12.0 Å². The number of rotatable bonds is 8. The van der Waals surface area contributed by atoms with E-state index in [9.17, 15) is 8.42 Å². The van der Waals surface area contributed by atoms with Gasteiger partial charge in [0.2, 0.25) is 16.0 Å². The number of nitrogens with zero attached hydrogens (tertiary/aromatic N) is 4. The van der Waals surface area contributed by atoms with Crippen molar-refractivity contribution in [1.29, 1.82) is 0 Å². The predicted octanol–water partition coefficient (Wildman–Crippen LogP) is 2.21. The number of methoxy groups -OCH3 is 1. The van der Waals surface area contributed by atoms with Crippen LogP contribution < -0.4 is 14.8 Å². The zero-order valence-electron chi connectivity index (χ0n) is 16.2. The number of hydrogen-bond acceptors (Lipinski definition) is 7. The van der Waals surface area contributed by atoms with Crippen LogP contribution in [0.4, 0.5) is 5.95 Å². The molecule has 0 aliphatic heterocycles. The fourth-order valence-corrected chi connectivity index (χ4v) is 3.95. The van der Waals surface area contributed by atoms with Crippen LogP contribution in [-0.2, 0) is 10.0 Å². The highest BCUT2D eigenvalue weighted by Crippen LogP contribution is 2.17. The lowest BCUT2D eigenvalue weighted by Crippen LogP contribution is -2.29. The van der Waals surface area contributed by atoms with Crippen molar-refractivity contribution in [2.75, 3.05) is 25.5 Å². The van der Waals surface area contributed by atoms with Gasteiger partial charge in [0.15, 0.2) is 0 Å². The van der Waals surface area contributed by atoms with Crippen LogP contribution in [0.15, 0.2) is 72.0 Å². The third kappa shape index (κ3) is 4.24. The van der Waals surface area contributed by atoms with Crippen molar-refractivity contribution >= 4 is 27.0 Å². The lowest BCUT2D eigenvalue weighted by Gasteiger charge is -2.09. The molecule has 0 saturated heterocycles. The highest BCUT2D eigenvalue weighted by molar-refractivity contribution is 7.89. The number of aromatic nitrogens is 4. The maximum Gasteiger partial charge on any atom is 0.240 e. The SMILES string of the molecule is COc1ccc(S(=O)(=O)NCCNc2nccc(-n3ccc4cccnc43)n2)cc1. The van der Waals surface area contributed by atoms with Gasteiger partial charge in [-0.1, -0.05) is 0 Å². The summed E-state index contributed by atoms with van der Waals surface area (Å²) in [6.07, 6.45) is 5.27. The monoisotopic (exact) mass is 424 g/mol. The van der Waals surface area contributed by atoms with Crippen molar-refractivity contribution in [3.8, 4) is 11.6 Å². The Morgan fingerprint density at radius 3 is 2.63 bits per heavy atom. The molecule has 0 bridgehead atoms. The molecular weight excluding hydrogens is 404 g/mol. The molecule has 0 aliphatic carbocycles. The maximum absolute atomic E-state index is 12.4. The first-order valence-electron chi connectivity index (χ1n) is 9.20. The van der Waals surface area contributed by atoms with Crippen LogP contribution in [0.5, 0.6) is 5.75 Å². The fourth-order valence-electron chi connectivity index (χ4n) is 2.92. The first kappa shape index (κ1) is 19.8. The number of sulfonamides is 1. The van der Waals surface area contributed by atoms with E-state index in [1.165, 1.54) is 19.2 Å². The molecule has 0 fully saturated rings. The number of benzene rings is 1. The van der Waals surface area contributed by atoms with Crippen molar-refractivity contribution < 1.29 is 13.2 Å². The van der Waals surface area contributed by atoms with Gasteiger partial charge in [-0.2, -0.15) is 4.98 Å². The zero-order valence-corrected chi connectivity index (χ0v) is 17.0. The second-order valence-corrected chi connectivity index (χ2v) is 8.11. The summed E-state index contributed by atoms with van der Waals surface area (Å²) in [5.74, 6) is 1.66. The lowest BCUT2D eigenvalue weighted by molar-refractivity contribution is 0.414. The van der Waals surface area contributed by atoms with E-state index >= 15 is 0 Å². The zero-order chi connectivity index (χ0) is 21.0. The van der Waals surface area contributed by atoms with Crippen LogP contribution in [-0.4, -0.2) is 48.1 Å². The molecule has 1 aromatic carbocycles. The van der Waals surface area contributed by atoms with E-state index in [0.29, 0.717) is 24.1 Å². The molecule has 30 heavy (non-hydrogen) atoms. The number of anilines is 1. The molecule has 154 valence electrons. The summed E-state index contributed by atoms with van der Waals surface area (Å²) in [7, 11) is -2.08. The quantitative estimate of drug-likeness (QED) is 0.417. The number of pyridine rings is 1. The van der Waals surface area contributed by atoms with Gasteiger partial charge in [0.1, 0.15) is 17.2 Å². The minimum Gasteiger partial charge on any atom is -0.497 e. The second kappa shape index (κ2) is 8.47. The molecule has 0 saturated carbocycles. The fraction of sp³-hybridized carbons (Fsp3) is 0.150. The standard InChI is InChI=1S/C20H20N6O3S/c1-29-16-4-6-17(7-5-16)30(27,28)24-13-12-23-20-22-11-8-18(25-20)26-14-9-15-3-2-10-21-19(15)26/h2-11,14,24H,12-13H2,1H3,(H,22,23,25). The normalized spacial score (nSPS) is 11.5. The summed E-state index contributed by atoms with van der Waals surface area (Å²) >= 11 is 0. The smallest absolute Gasteiger partial charge is 0.240 e. The summed E-state index contributed by atoms with van der Waals surface area (Å²) < 4.78 is 34.2. The molecule has 0 amide bonds. The number of nitrogens with one attached hydrogen (secondary N) is 2. The summed E-state index contributed by atoms with van der Waals surface area (Å²) in [5, 5.41) is 4.05. The topological polar surface area (TPSA) is 111 Å². The van der Waals surface area contributed by atoms with Gasteiger partial charge < -0.3 is 10.1 Å². The van der Waals surface area contributed by atoms with Gasteiger partial charge in [0.25, 0.3) is 0 Å². The molecule has 0 aliphatic rings. The molecule has 0 unspecified atom stereocenters. The Bertz CT molecular complexity index is 1260. The average molecular weight is 424 g/mol. The molecule has 2 N–H and O–H groups in total. The summed E-state index contributed by atoms with van der Waals surface area (Å²) in [4.78, 5) is 13.2. The van der Waals surface area contributed by atoms with E-state index in [-0.39, 0.29) is 11.4 Å². The number of hydrogen-bond donors (Lipinski definition) is 2. The number of fused-ring (bicyclic) bond motifs is 1. The van der Waals surface area contributed by atoms with E-state index in [0.717, 1.165) is 11.0 Å². The molecule has 0 atom stereocenters. The number of ether oxygens (including phenoxy) is 1. The van der Waals surface area contributed by atoms with Crippen LogP contribution in [0.3, 0.4) is 0 Å². The van der Waals surface area contributed by atoms with Gasteiger partial charge in [0, 0.05) is 37.1 Å². The molecule has 3 heterocycles. The minimum atomic E-state index is -3.61. The molecular formula is C20H20N6O3S. The van der Waals surface area contributed by atoms with Crippen molar-refractivity contribution in [1.82, 2.24) is 24.2 Å². The summed E-state index contributed by atoms with van der Waals surface area (Å²) in [6.45, 7) is 0.499. The highest BCUT2D eigenvalue weighted by Gasteiger charge is 2.13. The van der Waals surface area contributed by atoms with Crippen LogP contribution in [0.1, 0.15) is 0 Å². The molecule has 0 spiro atoms. The van der Waals surface area contributed by atoms with E-state index in [2.05, 4.69) is 25.0 Å². The van der Waals surface area contributed by atoms with E-state index in [1.54, 1.807) is 30.6 Å². The Labute approximate surface area is 173 Å². The van der Waals surface area contributed by atoms with Crippen molar-refractivity contribution in [2.45, 2.75) is 4.90 Å². The Morgan fingerprint density at radius 2 is 1.83 bits per heavy atom. The maximum atomic E-state index is 12.4. The van der Waals surface area contributed by atoms with Crippen molar-refractivity contribution in [3.05, 3.63) is 67.1 Å². The summed E-state index contributed by atoms with van der Waals surface area (Å²) in [5.41, 5.74) is 0.800. The van der Waals surface area contributed by atoms with Gasteiger partial charge in [-0.3, -0.25) is 4.57 Å². The van der Waals surface area contributed by atoms with Crippen LogP contribution in [0.2, 0.25) is 0 Å². The van der Waals surface area contributed by atoms with Gasteiger partial charge in [-0.15, -0.1) is 0 Å².